The number of nitrogens with zero attached hydrogens (tertiary/aromatic N) is 4. The standard InChI is InChI=1S/C21H19ClN4O2S/c1-28-17-7-3-8-18-19(17)24-21(29-18)26(11-4-10-25-12-9-23-14-25)20(27)15-5-2-6-16(22)13-15/h2-3,5-9,12-14H,4,10-11H2,1H3. The quantitative estimate of drug-likeness (QED) is 0.422. The predicted molar refractivity (Wildman–Crippen MR) is 116 cm³/mol. The van der Waals surface area contributed by atoms with Crippen LogP contribution in [0.5, 0.6) is 5.75 Å². The van der Waals surface area contributed by atoms with Crippen LogP contribution in [-0.4, -0.2) is 34.1 Å². The van der Waals surface area contributed by atoms with Gasteiger partial charge in [0.15, 0.2) is 5.13 Å². The molecule has 4 aromatic rings. The van der Waals surface area contributed by atoms with Crippen LogP contribution < -0.4 is 9.64 Å². The molecule has 0 aliphatic carbocycles. The number of imidazole rings is 1. The number of hydrogen-bond donors (Lipinski definition) is 0. The lowest BCUT2D eigenvalue weighted by molar-refractivity contribution is 0.0986. The van der Waals surface area contributed by atoms with Crippen molar-refractivity contribution in [2.75, 3.05) is 18.6 Å². The summed E-state index contributed by atoms with van der Waals surface area (Å²) in [5.74, 6) is 0.565. The highest BCUT2D eigenvalue weighted by Crippen LogP contribution is 2.34. The molecule has 0 radical (unpaired) electrons. The smallest absolute Gasteiger partial charge is 0.260 e. The molecule has 0 fully saturated rings. The van der Waals surface area contributed by atoms with Crippen molar-refractivity contribution in [3.8, 4) is 5.75 Å². The minimum Gasteiger partial charge on any atom is -0.494 e. The van der Waals surface area contributed by atoms with Gasteiger partial charge in [-0.15, -0.1) is 0 Å². The molecule has 0 atom stereocenters. The number of thiazole rings is 1. The number of halogens is 1. The van der Waals surface area contributed by atoms with Crippen LogP contribution in [0.4, 0.5) is 5.13 Å². The fraction of sp³-hybridized carbons (Fsp3) is 0.190. The van der Waals surface area contributed by atoms with Gasteiger partial charge in [0.25, 0.3) is 5.91 Å². The number of anilines is 1. The first-order valence-corrected chi connectivity index (χ1v) is 10.3. The lowest BCUT2D eigenvalue weighted by Gasteiger charge is -2.20. The summed E-state index contributed by atoms with van der Waals surface area (Å²) in [7, 11) is 1.62. The van der Waals surface area contributed by atoms with Gasteiger partial charge in [-0.1, -0.05) is 35.1 Å². The largest absolute Gasteiger partial charge is 0.494 e. The van der Waals surface area contributed by atoms with Crippen molar-refractivity contribution in [1.82, 2.24) is 14.5 Å². The summed E-state index contributed by atoms with van der Waals surface area (Å²) < 4.78 is 8.38. The zero-order chi connectivity index (χ0) is 20.2. The van der Waals surface area contributed by atoms with Gasteiger partial charge in [0.05, 0.1) is 18.1 Å². The van der Waals surface area contributed by atoms with E-state index in [1.807, 2.05) is 29.0 Å². The molecule has 0 unspecified atom stereocenters. The number of carbonyl (C=O) groups excluding carboxylic acids is 1. The second-order valence-corrected chi connectivity index (χ2v) is 7.87. The molecule has 0 bridgehead atoms. The molecular weight excluding hydrogens is 408 g/mol. The van der Waals surface area contributed by atoms with Crippen molar-refractivity contribution >= 4 is 44.2 Å². The number of benzene rings is 2. The molecule has 6 nitrogen and oxygen atoms in total. The zero-order valence-electron chi connectivity index (χ0n) is 15.8. The SMILES string of the molecule is COc1cccc2sc(N(CCCn3ccnc3)C(=O)c3cccc(Cl)c3)nc12. The van der Waals surface area contributed by atoms with E-state index in [1.165, 1.54) is 11.3 Å². The molecule has 0 N–H and O–H groups in total. The van der Waals surface area contributed by atoms with Crippen molar-refractivity contribution in [3.63, 3.8) is 0 Å². The van der Waals surface area contributed by atoms with Gasteiger partial charge in [-0.05, 0) is 36.8 Å². The average molecular weight is 427 g/mol. The maximum atomic E-state index is 13.3. The second kappa shape index (κ2) is 8.63. The molecule has 0 saturated carbocycles. The number of rotatable bonds is 7. The number of ether oxygens (including phenoxy) is 1. The van der Waals surface area contributed by atoms with Gasteiger partial charge in [0.2, 0.25) is 0 Å². The minimum absolute atomic E-state index is 0.129. The molecule has 8 heteroatoms. The van der Waals surface area contributed by atoms with Crippen LogP contribution in [0.25, 0.3) is 10.2 Å². The molecule has 2 aromatic heterocycles. The monoisotopic (exact) mass is 426 g/mol. The Bertz CT molecular complexity index is 1130. The molecule has 0 aliphatic rings. The highest BCUT2D eigenvalue weighted by atomic mass is 35.5. The Morgan fingerprint density at radius 1 is 1.28 bits per heavy atom. The summed E-state index contributed by atoms with van der Waals surface area (Å²) in [6.45, 7) is 1.28. The fourth-order valence-corrected chi connectivity index (χ4v) is 4.28. The Morgan fingerprint density at radius 2 is 2.14 bits per heavy atom. The van der Waals surface area contributed by atoms with Crippen LogP contribution in [-0.2, 0) is 6.54 Å². The Balaban J connectivity index is 1.66. The van der Waals surface area contributed by atoms with E-state index in [-0.39, 0.29) is 5.91 Å². The van der Waals surface area contributed by atoms with Crippen LogP contribution >= 0.6 is 22.9 Å². The molecule has 29 heavy (non-hydrogen) atoms. The first-order valence-electron chi connectivity index (χ1n) is 9.12. The van der Waals surface area contributed by atoms with Gasteiger partial charge in [0.1, 0.15) is 11.3 Å². The Morgan fingerprint density at radius 3 is 2.90 bits per heavy atom. The third-order valence-corrected chi connectivity index (χ3v) is 5.77. The summed E-state index contributed by atoms with van der Waals surface area (Å²) in [4.78, 5) is 23.8. The zero-order valence-corrected chi connectivity index (χ0v) is 17.4. The third-order valence-electron chi connectivity index (χ3n) is 4.50. The van der Waals surface area contributed by atoms with Crippen molar-refractivity contribution in [3.05, 3.63) is 71.8 Å². The van der Waals surface area contributed by atoms with Gasteiger partial charge in [-0.25, -0.2) is 9.97 Å². The molecule has 2 heterocycles. The first kappa shape index (κ1) is 19.4. The van der Waals surface area contributed by atoms with E-state index in [1.54, 1.807) is 48.8 Å². The molecular formula is C21H19ClN4O2S. The molecule has 148 valence electrons. The first-order chi connectivity index (χ1) is 14.2. The van der Waals surface area contributed by atoms with Gasteiger partial charge in [-0.2, -0.15) is 0 Å². The molecule has 2 aromatic carbocycles. The van der Waals surface area contributed by atoms with E-state index in [4.69, 9.17) is 21.3 Å². The van der Waals surface area contributed by atoms with Crippen LogP contribution in [0.3, 0.4) is 0 Å². The normalized spacial score (nSPS) is 11.0. The van der Waals surface area contributed by atoms with E-state index in [0.29, 0.717) is 28.0 Å². The number of amides is 1. The molecule has 0 spiro atoms. The highest BCUT2D eigenvalue weighted by molar-refractivity contribution is 7.22. The van der Waals surface area contributed by atoms with Crippen molar-refractivity contribution < 1.29 is 9.53 Å². The number of aromatic nitrogens is 3. The van der Waals surface area contributed by atoms with E-state index < -0.39 is 0 Å². The number of aryl methyl sites for hydroxylation is 1. The van der Waals surface area contributed by atoms with Gasteiger partial charge >= 0.3 is 0 Å². The lowest BCUT2D eigenvalue weighted by Crippen LogP contribution is -2.32. The lowest BCUT2D eigenvalue weighted by atomic mass is 10.2. The van der Waals surface area contributed by atoms with E-state index in [2.05, 4.69) is 4.98 Å². The Kier molecular flexibility index (Phi) is 5.78. The summed E-state index contributed by atoms with van der Waals surface area (Å²) in [5.41, 5.74) is 1.29. The van der Waals surface area contributed by atoms with Gasteiger partial charge in [-0.3, -0.25) is 9.69 Å². The number of methoxy groups -OCH3 is 1. The van der Waals surface area contributed by atoms with E-state index in [0.717, 1.165) is 23.2 Å². The molecule has 1 amide bonds. The summed E-state index contributed by atoms with van der Waals surface area (Å²) >= 11 is 7.58. The maximum absolute atomic E-state index is 13.3. The predicted octanol–water partition coefficient (Wildman–Crippen LogP) is 4.89. The Hall–Kier alpha value is -2.90. The number of carbonyl (C=O) groups is 1. The second-order valence-electron chi connectivity index (χ2n) is 6.42. The number of hydrogen-bond acceptors (Lipinski definition) is 5. The van der Waals surface area contributed by atoms with Crippen LogP contribution in [0.1, 0.15) is 16.8 Å². The summed E-state index contributed by atoms with van der Waals surface area (Å²) in [5, 5.41) is 1.17. The third kappa shape index (κ3) is 4.26. The maximum Gasteiger partial charge on any atom is 0.260 e. The average Bonchev–Trinajstić information content (AvgIpc) is 3.40. The minimum atomic E-state index is -0.129. The van der Waals surface area contributed by atoms with Crippen molar-refractivity contribution in [1.29, 1.82) is 0 Å². The van der Waals surface area contributed by atoms with Crippen LogP contribution in [0.2, 0.25) is 5.02 Å². The topological polar surface area (TPSA) is 60.2 Å². The molecule has 4 rings (SSSR count). The fourth-order valence-electron chi connectivity index (χ4n) is 3.08. The van der Waals surface area contributed by atoms with Crippen LogP contribution in [0.15, 0.2) is 61.2 Å². The van der Waals surface area contributed by atoms with Crippen LogP contribution in [0, 0.1) is 0 Å². The molecule has 0 saturated heterocycles. The van der Waals surface area contributed by atoms with Gasteiger partial charge < -0.3 is 9.30 Å². The Labute approximate surface area is 177 Å². The summed E-state index contributed by atoms with van der Waals surface area (Å²) in [6, 6.07) is 12.8. The molecule has 0 aliphatic heterocycles. The van der Waals surface area contributed by atoms with Gasteiger partial charge in [0, 0.05) is 36.1 Å². The highest BCUT2D eigenvalue weighted by Gasteiger charge is 2.22. The number of para-hydroxylation sites is 1. The van der Waals surface area contributed by atoms with Crippen molar-refractivity contribution in [2.24, 2.45) is 0 Å². The summed E-state index contributed by atoms with van der Waals surface area (Å²) in [6.07, 6.45) is 6.18. The van der Waals surface area contributed by atoms with Crippen molar-refractivity contribution in [2.45, 2.75) is 13.0 Å². The van der Waals surface area contributed by atoms with E-state index >= 15 is 0 Å². The van der Waals surface area contributed by atoms with E-state index in [9.17, 15) is 4.79 Å². The number of fused-ring (bicyclic) bond motifs is 1.